The molecule has 0 aromatic heterocycles. The number of hydrogen-bond acceptors (Lipinski definition) is 3. The molecule has 1 atom stereocenters. The van der Waals surface area contributed by atoms with E-state index >= 15 is 0 Å². The summed E-state index contributed by atoms with van der Waals surface area (Å²) in [5.74, 6) is 0.875. The molecule has 0 spiro atoms. The molecule has 1 unspecified atom stereocenters. The number of benzene rings is 1. The fraction of sp³-hybridized carbons (Fsp3) is 0.562. The Balaban J connectivity index is 1.91. The van der Waals surface area contributed by atoms with E-state index in [-0.39, 0.29) is 12.0 Å². The van der Waals surface area contributed by atoms with E-state index in [0.29, 0.717) is 18.4 Å². The molecule has 0 bridgehead atoms. The minimum atomic E-state index is -0.144. The zero-order chi connectivity index (χ0) is 13.8. The van der Waals surface area contributed by atoms with Crippen LogP contribution in [-0.4, -0.2) is 19.1 Å². The molecule has 0 saturated heterocycles. The molecule has 1 saturated carbocycles. The summed E-state index contributed by atoms with van der Waals surface area (Å²) in [6.45, 7) is 5.09. The van der Waals surface area contributed by atoms with Crippen molar-refractivity contribution in [2.75, 3.05) is 7.11 Å². The van der Waals surface area contributed by atoms with E-state index in [1.807, 2.05) is 0 Å². The van der Waals surface area contributed by atoms with Crippen LogP contribution < -0.4 is 5.32 Å². The van der Waals surface area contributed by atoms with Crippen molar-refractivity contribution in [1.82, 2.24) is 5.32 Å². The number of esters is 1. The van der Waals surface area contributed by atoms with Crippen molar-refractivity contribution < 1.29 is 9.53 Å². The lowest BCUT2D eigenvalue weighted by atomic mass is 10.0. The summed E-state index contributed by atoms with van der Waals surface area (Å²) in [5, 5.41) is 3.32. The zero-order valence-corrected chi connectivity index (χ0v) is 12.0. The van der Waals surface area contributed by atoms with Crippen LogP contribution in [0.15, 0.2) is 24.3 Å². The van der Waals surface area contributed by atoms with Gasteiger partial charge in [-0.1, -0.05) is 38.1 Å². The van der Waals surface area contributed by atoms with Crippen LogP contribution in [0.3, 0.4) is 0 Å². The van der Waals surface area contributed by atoms with Gasteiger partial charge in [-0.25, -0.2) is 0 Å². The van der Waals surface area contributed by atoms with Crippen molar-refractivity contribution in [2.24, 2.45) is 5.92 Å². The average molecular weight is 261 g/mol. The van der Waals surface area contributed by atoms with E-state index in [2.05, 4.69) is 43.4 Å². The highest BCUT2D eigenvalue weighted by Gasteiger charge is 2.36. The summed E-state index contributed by atoms with van der Waals surface area (Å²) in [6.07, 6.45) is 2.25. The minimum Gasteiger partial charge on any atom is -0.468 e. The molecule has 19 heavy (non-hydrogen) atoms. The van der Waals surface area contributed by atoms with E-state index in [0.717, 1.165) is 12.8 Å². The molecule has 1 aromatic rings. The number of nitrogens with one attached hydrogen (secondary N) is 1. The molecule has 0 radical (unpaired) electrons. The number of rotatable bonds is 6. The number of methoxy groups -OCH3 is 1. The highest BCUT2D eigenvalue weighted by atomic mass is 16.5. The standard InChI is InChI=1S/C16H23NO2/c1-11(2)13-6-4-12(5-7-13)10-17-15(14-8-9-14)16(18)19-3/h4-7,11,14-15,17H,8-10H2,1-3H3. The summed E-state index contributed by atoms with van der Waals surface area (Å²) in [6, 6.07) is 8.43. The average Bonchev–Trinajstić information content (AvgIpc) is 3.23. The Labute approximate surface area is 115 Å². The first-order valence-corrected chi connectivity index (χ1v) is 7.02. The molecule has 0 amide bonds. The zero-order valence-electron chi connectivity index (χ0n) is 12.0. The summed E-state index contributed by atoms with van der Waals surface area (Å²) >= 11 is 0. The lowest BCUT2D eigenvalue weighted by Crippen LogP contribution is -2.39. The summed E-state index contributed by atoms with van der Waals surface area (Å²) in [4.78, 5) is 11.7. The van der Waals surface area contributed by atoms with E-state index < -0.39 is 0 Å². The van der Waals surface area contributed by atoms with Crippen molar-refractivity contribution in [2.45, 2.75) is 45.2 Å². The lowest BCUT2D eigenvalue weighted by molar-refractivity contribution is -0.143. The number of hydrogen-bond donors (Lipinski definition) is 1. The summed E-state index contributed by atoms with van der Waals surface area (Å²) in [5.41, 5.74) is 2.55. The normalized spacial score (nSPS) is 16.4. The first-order chi connectivity index (χ1) is 9.11. The molecule has 2 rings (SSSR count). The van der Waals surface area contributed by atoms with Crippen molar-refractivity contribution >= 4 is 5.97 Å². The highest BCUT2D eigenvalue weighted by Crippen LogP contribution is 2.33. The maximum atomic E-state index is 11.7. The third kappa shape index (κ3) is 3.80. The molecule has 0 heterocycles. The van der Waals surface area contributed by atoms with E-state index in [1.165, 1.54) is 18.2 Å². The van der Waals surface area contributed by atoms with Crippen LogP contribution in [0.1, 0.15) is 43.7 Å². The molecule has 1 aromatic carbocycles. The Bertz CT molecular complexity index is 421. The quantitative estimate of drug-likeness (QED) is 0.800. The predicted octanol–water partition coefficient (Wildman–Crippen LogP) is 2.85. The van der Waals surface area contributed by atoms with Crippen LogP contribution in [0.5, 0.6) is 0 Å². The monoisotopic (exact) mass is 261 g/mol. The van der Waals surface area contributed by atoms with Gasteiger partial charge in [0.2, 0.25) is 0 Å². The highest BCUT2D eigenvalue weighted by molar-refractivity contribution is 5.76. The van der Waals surface area contributed by atoms with Gasteiger partial charge in [0.25, 0.3) is 0 Å². The van der Waals surface area contributed by atoms with Crippen LogP contribution in [0.25, 0.3) is 0 Å². The SMILES string of the molecule is COC(=O)C(NCc1ccc(C(C)C)cc1)C1CC1. The number of carbonyl (C=O) groups excluding carboxylic acids is 1. The van der Waals surface area contributed by atoms with Gasteiger partial charge in [0.1, 0.15) is 6.04 Å². The molecule has 104 valence electrons. The number of ether oxygens (including phenoxy) is 1. The molecule has 3 nitrogen and oxygen atoms in total. The topological polar surface area (TPSA) is 38.3 Å². The van der Waals surface area contributed by atoms with Crippen LogP contribution in [0, 0.1) is 5.92 Å². The molecule has 1 fully saturated rings. The molecule has 0 aliphatic heterocycles. The third-order valence-corrected chi connectivity index (χ3v) is 3.72. The molecule has 1 N–H and O–H groups in total. The molecule has 1 aliphatic rings. The summed E-state index contributed by atoms with van der Waals surface area (Å²) in [7, 11) is 1.46. The van der Waals surface area contributed by atoms with Gasteiger partial charge in [0.05, 0.1) is 7.11 Å². The van der Waals surface area contributed by atoms with Crippen LogP contribution >= 0.6 is 0 Å². The van der Waals surface area contributed by atoms with Crippen LogP contribution in [0.2, 0.25) is 0 Å². The molecule has 1 aliphatic carbocycles. The van der Waals surface area contributed by atoms with Gasteiger partial charge < -0.3 is 10.1 Å². The van der Waals surface area contributed by atoms with Crippen LogP contribution in [-0.2, 0) is 16.1 Å². The second-order valence-electron chi connectivity index (χ2n) is 5.62. The Hall–Kier alpha value is -1.35. The fourth-order valence-electron chi connectivity index (χ4n) is 2.25. The lowest BCUT2D eigenvalue weighted by Gasteiger charge is -2.16. The first-order valence-electron chi connectivity index (χ1n) is 7.02. The Kier molecular flexibility index (Phi) is 4.59. The Morgan fingerprint density at radius 2 is 1.95 bits per heavy atom. The van der Waals surface area contributed by atoms with Gasteiger partial charge >= 0.3 is 5.97 Å². The Morgan fingerprint density at radius 1 is 1.32 bits per heavy atom. The second-order valence-corrected chi connectivity index (χ2v) is 5.62. The van der Waals surface area contributed by atoms with Gasteiger partial charge in [0, 0.05) is 6.54 Å². The van der Waals surface area contributed by atoms with Gasteiger partial charge in [-0.2, -0.15) is 0 Å². The molecular weight excluding hydrogens is 238 g/mol. The number of carbonyl (C=O) groups is 1. The second kappa shape index (κ2) is 6.20. The molecular formula is C16H23NO2. The third-order valence-electron chi connectivity index (χ3n) is 3.72. The molecule has 3 heteroatoms. The predicted molar refractivity (Wildman–Crippen MR) is 75.9 cm³/mol. The van der Waals surface area contributed by atoms with E-state index in [1.54, 1.807) is 0 Å². The maximum absolute atomic E-state index is 11.7. The first kappa shape index (κ1) is 14.1. The largest absolute Gasteiger partial charge is 0.468 e. The van der Waals surface area contributed by atoms with E-state index in [4.69, 9.17) is 4.74 Å². The van der Waals surface area contributed by atoms with Gasteiger partial charge in [-0.3, -0.25) is 4.79 Å². The fourth-order valence-corrected chi connectivity index (χ4v) is 2.25. The maximum Gasteiger partial charge on any atom is 0.323 e. The van der Waals surface area contributed by atoms with Crippen molar-refractivity contribution in [3.05, 3.63) is 35.4 Å². The van der Waals surface area contributed by atoms with Gasteiger partial charge in [0.15, 0.2) is 0 Å². The van der Waals surface area contributed by atoms with Crippen molar-refractivity contribution in [3.63, 3.8) is 0 Å². The van der Waals surface area contributed by atoms with Crippen molar-refractivity contribution in [3.8, 4) is 0 Å². The Morgan fingerprint density at radius 3 is 2.42 bits per heavy atom. The smallest absolute Gasteiger partial charge is 0.323 e. The van der Waals surface area contributed by atoms with Gasteiger partial charge in [-0.05, 0) is 35.8 Å². The van der Waals surface area contributed by atoms with Crippen molar-refractivity contribution in [1.29, 1.82) is 0 Å². The summed E-state index contributed by atoms with van der Waals surface area (Å²) < 4.78 is 4.85. The minimum absolute atomic E-state index is 0.138. The van der Waals surface area contributed by atoms with Crippen LogP contribution in [0.4, 0.5) is 0 Å². The van der Waals surface area contributed by atoms with Gasteiger partial charge in [-0.15, -0.1) is 0 Å². The van der Waals surface area contributed by atoms with E-state index in [9.17, 15) is 4.79 Å².